The van der Waals surface area contributed by atoms with Crippen LogP contribution in [0.4, 0.5) is 0 Å². The van der Waals surface area contributed by atoms with Gasteiger partial charge in [-0.2, -0.15) is 0 Å². The van der Waals surface area contributed by atoms with E-state index in [1.807, 2.05) is 0 Å². The Kier molecular flexibility index (Phi) is 2.38. The highest BCUT2D eigenvalue weighted by atomic mass is 16.5. The first-order chi connectivity index (χ1) is 5.15. The molecule has 0 saturated carbocycles. The zero-order valence-corrected chi connectivity index (χ0v) is 7.50. The van der Waals surface area contributed by atoms with E-state index in [1.54, 1.807) is 12.5 Å². The molecule has 0 radical (unpaired) electrons. The van der Waals surface area contributed by atoms with Crippen molar-refractivity contribution < 1.29 is 4.74 Å². The number of rotatable bonds is 1. The van der Waals surface area contributed by atoms with Gasteiger partial charge in [0.1, 0.15) is 0 Å². The van der Waals surface area contributed by atoms with E-state index in [0.717, 1.165) is 6.42 Å². The second-order valence-corrected chi connectivity index (χ2v) is 3.68. The molecule has 0 bridgehead atoms. The third kappa shape index (κ3) is 1.86. The van der Waals surface area contributed by atoms with E-state index in [1.165, 1.54) is 0 Å². The maximum Gasteiger partial charge on any atom is 0.0867 e. The molecular formula is C10H16O. The highest BCUT2D eigenvalue weighted by Gasteiger charge is 2.24. The fourth-order valence-electron chi connectivity index (χ4n) is 1.09. The molecule has 0 N–H and O–H groups in total. The number of allylic oxidation sites excluding steroid dienone is 2. The number of ether oxygens (including phenoxy) is 1. The van der Waals surface area contributed by atoms with Crippen molar-refractivity contribution in [2.75, 3.05) is 0 Å². The summed E-state index contributed by atoms with van der Waals surface area (Å²) in [5, 5.41) is 0. The van der Waals surface area contributed by atoms with Gasteiger partial charge in [0, 0.05) is 0 Å². The van der Waals surface area contributed by atoms with E-state index in [-0.39, 0.29) is 5.41 Å². The predicted molar refractivity (Wildman–Crippen MR) is 46.9 cm³/mol. The van der Waals surface area contributed by atoms with Crippen LogP contribution in [0.25, 0.3) is 0 Å². The molecule has 0 aromatic rings. The van der Waals surface area contributed by atoms with Crippen LogP contribution in [0.2, 0.25) is 0 Å². The number of hydrogen-bond donors (Lipinski definition) is 0. The van der Waals surface area contributed by atoms with Gasteiger partial charge in [0.05, 0.1) is 12.5 Å². The molecule has 62 valence electrons. The first-order valence-corrected chi connectivity index (χ1v) is 4.13. The maximum absolute atomic E-state index is 5.08. The molecule has 1 rings (SSSR count). The monoisotopic (exact) mass is 152 g/mol. The second-order valence-electron chi connectivity index (χ2n) is 3.68. The molecule has 0 spiro atoms. The Morgan fingerprint density at radius 3 is 2.73 bits per heavy atom. The molecule has 1 aliphatic heterocycles. The van der Waals surface area contributed by atoms with Crippen molar-refractivity contribution in [3.63, 3.8) is 0 Å². The topological polar surface area (TPSA) is 9.23 Å². The molecule has 11 heavy (non-hydrogen) atoms. The summed E-state index contributed by atoms with van der Waals surface area (Å²) in [6.45, 7) is 6.74. The lowest BCUT2D eigenvalue weighted by Gasteiger charge is -2.27. The van der Waals surface area contributed by atoms with Crippen molar-refractivity contribution in [3.05, 3.63) is 24.7 Å². The van der Waals surface area contributed by atoms with Crippen LogP contribution in [0.3, 0.4) is 0 Å². The van der Waals surface area contributed by atoms with Gasteiger partial charge in [-0.1, -0.05) is 20.8 Å². The van der Waals surface area contributed by atoms with E-state index in [4.69, 9.17) is 4.74 Å². The highest BCUT2D eigenvalue weighted by Crippen LogP contribution is 2.34. The minimum Gasteiger partial charge on any atom is -0.473 e. The molecular weight excluding hydrogens is 136 g/mol. The van der Waals surface area contributed by atoms with Crippen molar-refractivity contribution in [2.45, 2.75) is 27.2 Å². The summed E-state index contributed by atoms with van der Waals surface area (Å²) in [5.74, 6) is 0.658. The third-order valence-corrected chi connectivity index (χ3v) is 2.58. The molecule has 1 nitrogen and oxygen atoms in total. The summed E-state index contributed by atoms with van der Waals surface area (Å²) in [6.07, 6.45) is 8.84. The minimum atomic E-state index is 0.271. The van der Waals surface area contributed by atoms with E-state index < -0.39 is 0 Å². The van der Waals surface area contributed by atoms with E-state index in [0.29, 0.717) is 5.92 Å². The van der Waals surface area contributed by atoms with Gasteiger partial charge in [-0.25, -0.2) is 0 Å². The first kappa shape index (κ1) is 8.38. The van der Waals surface area contributed by atoms with Crippen LogP contribution in [0.5, 0.6) is 0 Å². The van der Waals surface area contributed by atoms with E-state index >= 15 is 0 Å². The number of hydrogen-bond acceptors (Lipinski definition) is 1. The Morgan fingerprint density at radius 1 is 1.36 bits per heavy atom. The first-order valence-electron chi connectivity index (χ1n) is 4.13. The highest BCUT2D eigenvalue weighted by molar-refractivity contribution is 5.03. The van der Waals surface area contributed by atoms with Crippen molar-refractivity contribution in [2.24, 2.45) is 11.3 Å². The van der Waals surface area contributed by atoms with Crippen molar-refractivity contribution in [1.82, 2.24) is 0 Å². The maximum atomic E-state index is 5.08. The molecule has 0 saturated heterocycles. The molecule has 0 fully saturated rings. The average Bonchev–Trinajstić information content (AvgIpc) is 2.15. The summed E-state index contributed by atoms with van der Waals surface area (Å²) in [4.78, 5) is 0. The fourth-order valence-corrected chi connectivity index (χ4v) is 1.09. The van der Waals surface area contributed by atoms with Crippen LogP contribution < -0.4 is 0 Å². The van der Waals surface area contributed by atoms with Gasteiger partial charge in [-0.15, -0.1) is 0 Å². The van der Waals surface area contributed by atoms with Gasteiger partial charge >= 0.3 is 0 Å². The Hall–Kier alpha value is -0.720. The lowest BCUT2D eigenvalue weighted by molar-refractivity contribution is 0.299. The second kappa shape index (κ2) is 3.12. The summed E-state index contributed by atoms with van der Waals surface area (Å²) >= 11 is 0. The van der Waals surface area contributed by atoms with E-state index in [2.05, 4.69) is 32.9 Å². The van der Waals surface area contributed by atoms with Crippen molar-refractivity contribution in [1.29, 1.82) is 0 Å². The molecule has 1 heterocycles. The lowest BCUT2D eigenvalue weighted by atomic mass is 9.77. The van der Waals surface area contributed by atoms with Crippen LogP contribution in [0, 0.1) is 11.3 Å². The smallest absolute Gasteiger partial charge is 0.0867 e. The average molecular weight is 152 g/mol. The lowest BCUT2D eigenvalue weighted by Crippen LogP contribution is -2.19. The van der Waals surface area contributed by atoms with Crippen LogP contribution in [-0.2, 0) is 4.74 Å². The van der Waals surface area contributed by atoms with Crippen LogP contribution in [0.15, 0.2) is 24.7 Å². The van der Waals surface area contributed by atoms with E-state index in [9.17, 15) is 0 Å². The van der Waals surface area contributed by atoms with Crippen LogP contribution in [-0.4, -0.2) is 0 Å². The van der Waals surface area contributed by atoms with Crippen LogP contribution in [0.1, 0.15) is 27.2 Å². The molecule has 1 heteroatoms. The third-order valence-electron chi connectivity index (χ3n) is 2.58. The van der Waals surface area contributed by atoms with Gasteiger partial charge in [0.15, 0.2) is 0 Å². The molecule has 1 aliphatic rings. The van der Waals surface area contributed by atoms with Crippen molar-refractivity contribution in [3.8, 4) is 0 Å². The summed E-state index contributed by atoms with van der Waals surface area (Å²) in [5.41, 5.74) is 0.271. The van der Waals surface area contributed by atoms with Crippen LogP contribution >= 0.6 is 0 Å². The molecule has 0 aromatic carbocycles. The Balaban J connectivity index is 2.75. The molecule has 0 aliphatic carbocycles. The minimum absolute atomic E-state index is 0.271. The standard InChI is InChI=1S/C10H16O/c1-9(2)10(3)5-4-7-11-8-6-10/h4,6-9H,5H2,1-3H3. The van der Waals surface area contributed by atoms with Gasteiger partial charge < -0.3 is 4.74 Å². The summed E-state index contributed by atoms with van der Waals surface area (Å²) in [7, 11) is 0. The largest absolute Gasteiger partial charge is 0.473 e. The Morgan fingerprint density at radius 2 is 2.09 bits per heavy atom. The Labute approximate surface area is 68.8 Å². The van der Waals surface area contributed by atoms with Gasteiger partial charge in [-0.05, 0) is 29.9 Å². The Bertz CT molecular complexity index is 179. The molecule has 0 aromatic heterocycles. The van der Waals surface area contributed by atoms with Gasteiger partial charge in [-0.3, -0.25) is 0 Å². The zero-order chi connectivity index (χ0) is 8.32. The van der Waals surface area contributed by atoms with Gasteiger partial charge in [0.25, 0.3) is 0 Å². The summed E-state index contributed by atoms with van der Waals surface area (Å²) in [6, 6.07) is 0. The molecule has 1 unspecified atom stereocenters. The molecule has 1 atom stereocenters. The van der Waals surface area contributed by atoms with Crippen molar-refractivity contribution >= 4 is 0 Å². The zero-order valence-electron chi connectivity index (χ0n) is 7.50. The fraction of sp³-hybridized carbons (Fsp3) is 0.600. The quantitative estimate of drug-likeness (QED) is 0.561. The summed E-state index contributed by atoms with van der Waals surface area (Å²) < 4.78 is 5.08. The molecule has 0 amide bonds. The van der Waals surface area contributed by atoms with Gasteiger partial charge in [0.2, 0.25) is 0 Å². The predicted octanol–water partition coefficient (Wildman–Crippen LogP) is 3.10. The SMILES string of the molecule is CC(C)C1(C)C=COC=CC1. The normalized spacial score (nSPS) is 30.2.